The van der Waals surface area contributed by atoms with Crippen molar-refractivity contribution in [2.45, 2.75) is 125 Å². The number of fused-ring (bicyclic) bond motifs is 4. The van der Waals surface area contributed by atoms with E-state index in [1.165, 1.54) is 12.8 Å². The van der Waals surface area contributed by atoms with Gasteiger partial charge < -0.3 is 25.2 Å². The Morgan fingerprint density at radius 3 is 2.48 bits per heavy atom. The Morgan fingerprint density at radius 2 is 1.77 bits per heavy atom. The van der Waals surface area contributed by atoms with Gasteiger partial charge in [-0.2, -0.15) is 0 Å². The molecular formula is C38H55N2O4. The second kappa shape index (κ2) is 10.2. The summed E-state index contributed by atoms with van der Waals surface area (Å²) in [5, 5.41) is 26.5. The highest BCUT2D eigenvalue weighted by Gasteiger charge is 2.85. The molecule has 44 heavy (non-hydrogen) atoms. The molecule has 0 bridgehead atoms. The smallest absolute Gasteiger partial charge is 0.317 e. The second-order valence-corrected chi connectivity index (χ2v) is 17.0. The van der Waals surface area contributed by atoms with Crippen molar-refractivity contribution < 1.29 is 19.7 Å². The fourth-order valence-corrected chi connectivity index (χ4v) is 12.2. The van der Waals surface area contributed by atoms with Crippen LogP contribution in [0.15, 0.2) is 30.3 Å². The molecule has 1 unspecified atom stereocenters. The molecule has 3 N–H and O–H groups in total. The molecule has 1 saturated heterocycles. The van der Waals surface area contributed by atoms with Gasteiger partial charge in [-0.3, -0.25) is 0 Å². The summed E-state index contributed by atoms with van der Waals surface area (Å²) in [6.07, 6.45) is 9.41. The molecule has 0 aromatic heterocycles. The maximum atomic E-state index is 13.4. The van der Waals surface area contributed by atoms with Crippen molar-refractivity contribution in [2.75, 3.05) is 6.54 Å². The molecule has 2 spiro atoms. The lowest BCUT2D eigenvalue weighted by atomic mass is 9.41. The van der Waals surface area contributed by atoms with Crippen LogP contribution in [0.4, 0.5) is 4.79 Å². The van der Waals surface area contributed by atoms with Crippen molar-refractivity contribution in [3.8, 4) is 0 Å². The molecule has 5 saturated carbocycles. The van der Waals surface area contributed by atoms with Gasteiger partial charge in [0.1, 0.15) is 12.2 Å². The van der Waals surface area contributed by atoms with Gasteiger partial charge >= 0.3 is 6.03 Å². The molecule has 6 fully saturated rings. The number of ether oxygens (including phenoxy) is 1. The topological polar surface area (TPSA) is 82.0 Å². The van der Waals surface area contributed by atoms with E-state index in [1.807, 2.05) is 36.9 Å². The summed E-state index contributed by atoms with van der Waals surface area (Å²) < 4.78 is 6.83. The Kier molecular flexibility index (Phi) is 7.17. The molecule has 1 aliphatic heterocycles. The van der Waals surface area contributed by atoms with Crippen LogP contribution in [0.3, 0.4) is 0 Å². The lowest BCUT2D eigenvalue weighted by Crippen LogP contribution is -2.58. The maximum Gasteiger partial charge on any atom is 0.317 e. The summed E-state index contributed by atoms with van der Waals surface area (Å²) in [4.78, 5) is 15.2. The predicted molar refractivity (Wildman–Crippen MR) is 171 cm³/mol. The van der Waals surface area contributed by atoms with Gasteiger partial charge in [0.05, 0.1) is 18.8 Å². The van der Waals surface area contributed by atoms with Gasteiger partial charge in [-0.15, -0.1) is 0 Å². The number of nitrogens with zero attached hydrogens (tertiary/aromatic N) is 1. The minimum Gasteiger partial charge on any atom is -0.393 e. The van der Waals surface area contributed by atoms with E-state index in [4.69, 9.17) is 4.74 Å². The third-order valence-corrected chi connectivity index (χ3v) is 14.4. The summed E-state index contributed by atoms with van der Waals surface area (Å²) in [6, 6.07) is 10.1. The monoisotopic (exact) mass is 603 g/mol. The van der Waals surface area contributed by atoms with Crippen LogP contribution in [0.25, 0.3) is 0 Å². The van der Waals surface area contributed by atoms with Gasteiger partial charge in [-0.1, -0.05) is 65.0 Å². The lowest BCUT2D eigenvalue weighted by molar-refractivity contribution is -0.125. The van der Waals surface area contributed by atoms with Crippen LogP contribution in [0.5, 0.6) is 0 Å². The first-order chi connectivity index (χ1) is 20.7. The number of urea groups is 1. The molecule has 6 nitrogen and oxygen atoms in total. The summed E-state index contributed by atoms with van der Waals surface area (Å²) in [6.45, 7) is 16.7. The van der Waals surface area contributed by atoms with Gasteiger partial charge in [-0.05, 0) is 110 Å². The molecule has 5 aliphatic carbocycles. The Labute approximate surface area is 265 Å². The summed E-state index contributed by atoms with van der Waals surface area (Å²) in [5.74, 6) is 2.69. The fraction of sp³-hybridized carbons (Fsp3) is 0.737. The normalized spacial score (nSPS) is 44.6. The second-order valence-electron chi connectivity index (χ2n) is 17.0. The Hall–Kier alpha value is -1.63. The van der Waals surface area contributed by atoms with Gasteiger partial charge in [0.25, 0.3) is 0 Å². The minimum absolute atomic E-state index is 0.0403. The molecule has 7 rings (SSSR count). The van der Waals surface area contributed by atoms with Gasteiger partial charge in [-0.25, -0.2) is 4.79 Å². The highest BCUT2D eigenvalue weighted by Crippen LogP contribution is 2.90. The van der Waals surface area contributed by atoms with E-state index in [2.05, 4.69) is 52.1 Å². The van der Waals surface area contributed by atoms with E-state index in [1.54, 1.807) is 5.92 Å². The average molecular weight is 604 g/mol. The molecule has 9 atom stereocenters. The highest BCUT2D eigenvalue weighted by atomic mass is 16.5. The number of aliphatic hydroxyl groups excluding tert-OH is 2. The lowest BCUT2D eigenvalue weighted by Gasteiger charge is -2.63. The van der Waals surface area contributed by atoms with Crippen molar-refractivity contribution in [3.05, 3.63) is 54.0 Å². The number of hydrogen-bond donors (Lipinski definition) is 3. The molecule has 6 aliphatic rings. The van der Waals surface area contributed by atoms with Crippen molar-refractivity contribution in [2.24, 2.45) is 44.8 Å². The van der Waals surface area contributed by atoms with Crippen molar-refractivity contribution >= 4 is 6.03 Å². The highest BCUT2D eigenvalue weighted by molar-refractivity contribution is 5.74. The number of aliphatic hydroxyl groups is 2. The maximum absolute atomic E-state index is 13.4. The molecule has 1 aromatic rings. The van der Waals surface area contributed by atoms with Crippen LogP contribution < -0.4 is 5.32 Å². The summed E-state index contributed by atoms with van der Waals surface area (Å²) in [5.41, 5.74) is 1.13. The van der Waals surface area contributed by atoms with Gasteiger partial charge in [0.2, 0.25) is 0 Å². The number of hydrogen-bond acceptors (Lipinski definition) is 4. The number of carbonyl (C=O) groups is 1. The van der Waals surface area contributed by atoms with Gasteiger partial charge in [0, 0.05) is 23.9 Å². The van der Waals surface area contributed by atoms with Crippen LogP contribution >= 0.6 is 0 Å². The van der Waals surface area contributed by atoms with E-state index in [0.29, 0.717) is 24.9 Å². The van der Waals surface area contributed by atoms with E-state index in [9.17, 15) is 15.0 Å². The van der Waals surface area contributed by atoms with Crippen LogP contribution in [0.2, 0.25) is 0 Å². The zero-order valence-electron chi connectivity index (χ0n) is 28.1. The van der Waals surface area contributed by atoms with Crippen LogP contribution in [-0.4, -0.2) is 45.9 Å². The minimum atomic E-state index is -0.647. The zero-order valence-corrected chi connectivity index (χ0v) is 28.1. The largest absolute Gasteiger partial charge is 0.393 e. The van der Waals surface area contributed by atoms with E-state index < -0.39 is 6.10 Å². The summed E-state index contributed by atoms with van der Waals surface area (Å²) >= 11 is 0. The van der Waals surface area contributed by atoms with Crippen LogP contribution in [-0.2, 0) is 11.3 Å². The number of amides is 2. The van der Waals surface area contributed by atoms with E-state index >= 15 is 0 Å². The van der Waals surface area contributed by atoms with Crippen molar-refractivity contribution in [1.29, 1.82) is 0 Å². The molecule has 3 radical (unpaired) electrons. The average Bonchev–Trinajstić information content (AvgIpc) is 3.60. The Bertz CT molecular complexity index is 1270. The van der Waals surface area contributed by atoms with Crippen molar-refractivity contribution in [1.82, 2.24) is 10.2 Å². The molecule has 2 amide bonds. The first kappa shape index (κ1) is 31.0. The molecule has 1 heterocycles. The first-order valence-corrected chi connectivity index (χ1v) is 17.4. The number of carbonyl (C=O) groups excluding carboxylic acids is 1. The SMILES string of the molecule is CC(C)NC(=O)N(C[C]1C[C@@H](C)[C@H]2[C](O1)[C@H](O)[C@@]1(C)[C]3CC[C@H]4C(C)(C)C(O)CC[C@@]45C[C@@]35CC[C@]21C)Cc1ccccc1. The molecule has 6 heteroatoms. The van der Waals surface area contributed by atoms with Crippen molar-refractivity contribution in [3.63, 3.8) is 0 Å². The third-order valence-electron chi connectivity index (χ3n) is 14.4. The van der Waals surface area contributed by atoms with Crippen LogP contribution in [0.1, 0.15) is 105 Å². The first-order valence-electron chi connectivity index (χ1n) is 17.4. The number of rotatable bonds is 5. The Morgan fingerprint density at radius 1 is 1.05 bits per heavy atom. The molecule has 241 valence electrons. The third kappa shape index (κ3) is 4.05. The zero-order chi connectivity index (χ0) is 31.4. The Balaban J connectivity index is 1.15. The van der Waals surface area contributed by atoms with E-state index in [0.717, 1.165) is 56.3 Å². The van der Waals surface area contributed by atoms with Gasteiger partial charge in [0.15, 0.2) is 0 Å². The molecule has 1 aromatic carbocycles. The standard InChI is InChI=1S/C38H55N2O4/c1-23(2)39-33(43)40(20-25-11-9-8-10-12-25)21-26-19-24(3)30-31(44-26)32(42)36(7)28-14-13-27-34(4,5)29(41)15-16-37(27)22-38(28,37)18-17-35(30,36)6/h8-12,23-24,27,29-30,32,41-42H,13-22H2,1-7H3,(H,39,43)/t24-,27+,29?,30+,32+,35-,36-,37-,38+/m1/s1. The fourth-order valence-electron chi connectivity index (χ4n) is 12.2. The predicted octanol–water partition coefficient (Wildman–Crippen LogP) is 7.07. The molecular weight excluding hydrogens is 548 g/mol. The summed E-state index contributed by atoms with van der Waals surface area (Å²) in [7, 11) is 0. The number of nitrogens with one attached hydrogen (secondary N) is 1. The quantitative estimate of drug-likeness (QED) is 0.336. The van der Waals surface area contributed by atoms with E-state index in [-0.39, 0.29) is 51.2 Å². The van der Waals surface area contributed by atoms with Crippen LogP contribution in [0, 0.1) is 63.0 Å². The number of benzene rings is 1.